The Labute approximate surface area is 163 Å². The van der Waals surface area contributed by atoms with Gasteiger partial charge in [-0.15, -0.1) is 0 Å². The Bertz CT molecular complexity index is 794. The van der Waals surface area contributed by atoms with Crippen LogP contribution >= 0.6 is 11.8 Å². The molecule has 2 fully saturated rings. The summed E-state index contributed by atoms with van der Waals surface area (Å²) in [6, 6.07) is 4.01. The zero-order valence-corrected chi connectivity index (χ0v) is 15.5. The molecule has 2 heterocycles. The Morgan fingerprint density at radius 2 is 1.82 bits per heavy atom. The number of likely N-dealkylation sites (tertiary alicyclic amines) is 1. The van der Waals surface area contributed by atoms with Gasteiger partial charge in [-0.2, -0.15) is 13.2 Å². The summed E-state index contributed by atoms with van der Waals surface area (Å²) in [5.74, 6) is -1.68. The summed E-state index contributed by atoms with van der Waals surface area (Å²) in [6.45, 7) is 0.160. The highest BCUT2D eigenvalue weighted by Gasteiger charge is 2.35. The number of thioether (sulfide) groups is 1. The molecule has 2 aliphatic heterocycles. The van der Waals surface area contributed by atoms with E-state index >= 15 is 0 Å². The van der Waals surface area contributed by atoms with E-state index < -0.39 is 34.7 Å². The van der Waals surface area contributed by atoms with E-state index in [1.807, 2.05) is 0 Å². The van der Waals surface area contributed by atoms with E-state index in [1.54, 1.807) is 0 Å². The first-order valence-corrected chi connectivity index (χ1v) is 9.61. The standard InChI is InChI=1S/C18H17F3N2O4S/c19-18(20,21)13-5-3-11(4-6-13)16(26)12-2-1-7-22(8-12)14(24)9-23-15(25)10-28-17(23)27/h3-6,12H,1-2,7-10H2/t12-/m0/s1. The summed E-state index contributed by atoms with van der Waals surface area (Å²) < 4.78 is 38.0. The van der Waals surface area contributed by atoms with Gasteiger partial charge in [0.1, 0.15) is 6.54 Å². The SMILES string of the molecule is O=C(c1ccc(C(F)(F)F)cc1)[C@H]1CCCN(C(=O)CN2C(=O)CSC2=O)C1. The maximum Gasteiger partial charge on any atom is 0.416 e. The number of halogens is 3. The van der Waals surface area contributed by atoms with Crippen molar-refractivity contribution in [2.75, 3.05) is 25.4 Å². The minimum Gasteiger partial charge on any atom is -0.340 e. The molecular weight excluding hydrogens is 397 g/mol. The molecule has 28 heavy (non-hydrogen) atoms. The largest absolute Gasteiger partial charge is 0.416 e. The van der Waals surface area contributed by atoms with E-state index in [2.05, 4.69) is 0 Å². The zero-order chi connectivity index (χ0) is 20.5. The van der Waals surface area contributed by atoms with Crippen LogP contribution < -0.4 is 0 Å². The molecule has 10 heteroatoms. The number of rotatable bonds is 4. The minimum absolute atomic E-state index is 0.0150. The van der Waals surface area contributed by atoms with E-state index in [1.165, 1.54) is 4.90 Å². The number of Topliss-reactive ketones (excluding diaryl/α,β-unsaturated/α-hetero) is 1. The predicted molar refractivity (Wildman–Crippen MR) is 94.6 cm³/mol. The molecule has 1 aromatic carbocycles. The fraction of sp³-hybridized carbons (Fsp3) is 0.444. The molecule has 2 aliphatic rings. The third kappa shape index (κ3) is 4.37. The van der Waals surface area contributed by atoms with Crippen LogP contribution in [0.5, 0.6) is 0 Å². The van der Waals surface area contributed by atoms with Gasteiger partial charge in [-0.25, -0.2) is 0 Å². The number of amides is 3. The van der Waals surface area contributed by atoms with Gasteiger partial charge in [-0.05, 0) is 25.0 Å². The van der Waals surface area contributed by atoms with Crippen LogP contribution in [0, 0.1) is 5.92 Å². The lowest BCUT2D eigenvalue weighted by atomic mass is 9.89. The topological polar surface area (TPSA) is 74.8 Å². The number of carbonyl (C=O) groups is 4. The minimum atomic E-state index is -4.47. The molecule has 1 aromatic rings. The highest BCUT2D eigenvalue weighted by atomic mass is 32.2. The number of carbonyl (C=O) groups excluding carboxylic acids is 4. The van der Waals surface area contributed by atoms with Crippen molar-refractivity contribution < 1.29 is 32.3 Å². The third-order valence-electron chi connectivity index (χ3n) is 4.78. The summed E-state index contributed by atoms with van der Waals surface area (Å²) in [6.07, 6.45) is -3.40. The van der Waals surface area contributed by atoms with Gasteiger partial charge in [0.25, 0.3) is 5.24 Å². The van der Waals surface area contributed by atoms with Crippen molar-refractivity contribution in [2.24, 2.45) is 5.92 Å². The van der Waals surface area contributed by atoms with Gasteiger partial charge in [-0.1, -0.05) is 23.9 Å². The van der Waals surface area contributed by atoms with Crippen molar-refractivity contribution in [3.05, 3.63) is 35.4 Å². The van der Waals surface area contributed by atoms with Crippen molar-refractivity contribution in [1.82, 2.24) is 9.80 Å². The number of hydrogen-bond donors (Lipinski definition) is 0. The van der Waals surface area contributed by atoms with Gasteiger partial charge in [0.2, 0.25) is 11.8 Å². The molecule has 0 radical (unpaired) electrons. The van der Waals surface area contributed by atoms with Crippen LogP contribution in [0.3, 0.4) is 0 Å². The lowest BCUT2D eigenvalue weighted by Gasteiger charge is -2.32. The number of piperidine rings is 1. The van der Waals surface area contributed by atoms with Gasteiger partial charge in [0, 0.05) is 24.6 Å². The van der Waals surface area contributed by atoms with E-state index in [9.17, 15) is 32.3 Å². The summed E-state index contributed by atoms with van der Waals surface area (Å²) in [5, 5.41) is -0.465. The summed E-state index contributed by atoms with van der Waals surface area (Å²) >= 11 is 0.840. The highest BCUT2D eigenvalue weighted by molar-refractivity contribution is 8.14. The zero-order valence-electron chi connectivity index (χ0n) is 14.7. The van der Waals surface area contributed by atoms with E-state index in [-0.39, 0.29) is 30.2 Å². The summed E-state index contributed by atoms with van der Waals surface area (Å²) in [7, 11) is 0. The molecule has 0 saturated carbocycles. The van der Waals surface area contributed by atoms with Gasteiger partial charge in [-0.3, -0.25) is 24.1 Å². The second-order valence-electron chi connectivity index (χ2n) is 6.65. The first-order chi connectivity index (χ1) is 13.2. The second kappa shape index (κ2) is 7.94. The van der Waals surface area contributed by atoms with Crippen LogP contribution in [0.2, 0.25) is 0 Å². The lowest BCUT2D eigenvalue weighted by Crippen LogP contribution is -2.47. The van der Waals surface area contributed by atoms with Crippen LogP contribution in [0.4, 0.5) is 18.0 Å². The molecule has 3 rings (SSSR count). The molecule has 2 saturated heterocycles. The monoisotopic (exact) mass is 414 g/mol. The fourth-order valence-corrected chi connectivity index (χ4v) is 3.97. The number of nitrogens with zero attached hydrogens (tertiary/aromatic N) is 2. The molecule has 150 valence electrons. The van der Waals surface area contributed by atoms with E-state index in [0.717, 1.165) is 40.9 Å². The van der Waals surface area contributed by atoms with Crippen molar-refractivity contribution in [3.63, 3.8) is 0 Å². The Morgan fingerprint density at radius 1 is 1.14 bits per heavy atom. The van der Waals surface area contributed by atoms with E-state index in [0.29, 0.717) is 19.4 Å². The average molecular weight is 414 g/mol. The number of imide groups is 1. The first-order valence-electron chi connectivity index (χ1n) is 8.63. The number of ketones is 1. The van der Waals surface area contributed by atoms with Gasteiger partial charge in [0.15, 0.2) is 5.78 Å². The molecule has 0 unspecified atom stereocenters. The van der Waals surface area contributed by atoms with Gasteiger partial charge < -0.3 is 4.90 Å². The second-order valence-corrected chi connectivity index (χ2v) is 7.58. The lowest BCUT2D eigenvalue weighted by molar-refractivity contribution is -0.137. The molecule has 0 bridgehead atoms. The highest BCUT2D eigenvalue weighted by Crippen LogP contribution is 2.30. The Kier molecular flexibility index (Phi) is 5.78. The van der Waals surface area contributed by atoms with Crippen molar-refractivity contribution in [3.8, 4) is 0 Å². The Hall–Kier alpha value is -2.36. The molecule has 0 spiro atoms. The van der Waals surface area contributed by atoms with Crippen LogP contribution in [0.1, 0.15) is 28.8 Å². The maximum absolute atomic E-state index is 12.7. The number of hydrogen-bond acceptors (Lipinski definition) is 5. The van der Waals surface area contributed by atoms with Crippen LogP contribution in [0.15, 0.2) is 24.3 Å². The molecule has 0 aliphatic carbocycles. The Balaban J connectivity index is 1.64. The number of benzene rings is 1. The van der Waals surface area contributed by atoms with Crippen LogP contribution in [-0.4, -0.2) is 58.0 Å². The van der Waals surface area contributed by atoms with Crippen LogP contribution in [-0.2, 0) is 15.8 Å². The number of alkyl halides is 3. The third-order valence-corrected chi connectivity index (χ3v) is 5.63. The summed E-state index contributed by atoms with van der Waals surface area (Å²) in [4.78, 5) is 50.7. The normalized spacial score (nSPS) is 20.6. The smallest absolute Gasteiger partial charge is 0.340 e. The molecular formula is C18H17F3N2O4S. The molecule has 0 N–H and O–H groups in total. The van der Waals surface area contributed by atoms with Crippen molar-refractivity contribution >= 4 is 34.6 Å². The maximum atomic E-state index is 12.7. The average Bonchev–Trinajstić information content (AvgIpc) is 2.99. The van der Waals surface area contributed by atoms with E-state index in [4.69, 9.17) is 0 Å². The predicted octanol–water partition coefficient (Wildman–Crippen LogP) is 2.82. The molecule has 6 nitrogen and oxygen atoms in total. The Morgan fingerprint density at radius 3 is 2.39 bits per heavy atom. The van der Waals surface area contributed by atoms with Crippen molar-refractivity contribution in [1.29, 1.82) is 0 Å². The van der Waals surface area contributed by atoms with Crippen LogP contribution in [0.25, 0.3) is 0 Å². The van der Waals surface area contributed by atoms with Gasteiger partial charge in [0.05, 0.1) is 11.3 Å². The summed E-state index contributed by atoms with van der Waals surface area (Å²) in [5.41, 5.74) is -0.670. The fourth-order valence-electron chi connectivity index (χ4n) is 3.25. The molecule has 3 amide bonds. The quantitative estimate of drug-likeness (QED) is 0.709. The van der Waals surface area contributed by atoms with Gasteiger partial charge >= 0.3 is 6.18 Å². The first kappa shape index (κ1) is 20.4. The van der Waals surface area contributed by atoms with Crippen molar-refractivity contribution in [2.45, 2.75) is 19.0 Å². The molecule has 1 atom stereocenters. The molecule has 0 aromatic heterocycles.